The van der Waals surface area contributed by atoms with Gasteiger partial charge in [-0.2, -0.15) is 0 Å². The normalized spacial score (nSPS) is 20.6. The molecular weight excluding hydrogens is 370 g/mol. The van der Waals surface area contributed by atoms with Crippen LogP contribution in [0.15, 0.2) is 23.0 Å². The molecule has 0 aliphatic carbocycles. The Hall–Kier alpha value is -1.87. The maximum Gasteiger partial charge on any atom is 0.257 e. The van der Waals surface area contributed by atoms with Crippen molar-refractivity contribution < 1.29 is 22.4 Å². The predicted molar refractivity (Wildman–Crippen MR) is 99.5 cm³/mol. The van der Waals surface area contributed by atoms with Crippen molar-refractivity contribution in [1.29, 1.82) is 0 Å². The lowest BCUT2D eigenvalue weighted by Gasteiger charge is -2.33. The fourth-order valence-electron chi connectivity index (χ4n) is 3.75. The van der Waals surface area contributed by atoms with Crippen molar-refractivity contribution in [1.82, 2.24) is 14.5 Å². The number of amides is 2. The van der Waals surface area contributed by atoms with Crippen LogP contribution < -0.4 is 5.32 Å². The molecule has 3 heterocycles. The molecular formula is C18H27N3O5S. The summed E-state index contributed by atoms with van der Waals surface area (Å²) in [4.78, 5) is 26.5. The number of nitrogens with one attached hydrogen (secondary N) is 1. The Morgan fingerprint density at radius 2 is 1.81 bits per heavy atom. The van der Waals surface area contributed by atoms with Crippen molar-refractivity contribution in [3.63, 3.8) is 0 Å². The molecule has 0 atom stereocenters. The topological polar surface area (TPSA) is 99.9 Å². The van der Waals surface area contributed by atoms with E-state index in [1.807, 2.05) is 4.90 Å². The first-order chi connectivity index (χ1) is 12.8. The molecule has 0 unspecified atom stereocenters. The van der Waals surface area contributed by atoms with Crippen molar-refractivity contribution in [2.24, 2.45) is 11.8 Å². The third kappa shape index (κ3) is 5.10. The van der Waals surface area contributed by atoms with Gasteiger partial charge in [0, 0.05) is 38.6 Å². The SMILES string of the molecule is CS(=O)(=O)N1CCC(C(=O)NCC2CCN(C(=O)c3ccoc3)CC2)CC1. The van der Waals surface area contributed by atoms with Gasteiger partial charge in [0.25, 0.3) is 5.91 Å². The van der Waals surface area contributed by atoms with Gasteiger partial charge in [-0.05, 0) is 37.7 Å². The molecule has 0 spiro atoms. The molecule has 1 aromatic rings. The third-order valence-electron chi connectivity index (χ3n) is 5.53. The Kier molecular flexibility index (Phi) is 6.21. The van der Waals surface area contributed by atoms with Crippen LogP contribution in [0.2, 0.25) is 0 Å². The number of piperidine rings is 2. The fraction of sp³-hybridized carbons (Fsp3) is 0.667. The van der Waals surface area contributed by atoms with Gasteiger partial charge in [-0.15, -0.1) is 0 Å². The molecule has 1 aromatic heterocycles. The largest absolute Gasteiger partial charge is 0.472 e. The number of sulfonamides is 1. The van der Waals surface area contributed by atoms with Crippen LogP contribution in [0.4, 0.5) is 0 Å². The molecule has 0 aromatic carbocycles. The van der Waals surface area contributed by atoms with E-state index in [1.165, 1.54) is 23.1 Å². The van der Waals surface area contributed by atoms with E-state index in [1.54, 1.807) is 6.07 Å². The average Bonchev–Trinajstić information content (AvgIpc) is 3.20. The molecule has 2 amide bonds. The molecule has 2 aliphatic rings. The van der Waals surface area contributed by atoms with E-state index in [4.69, 9.17) is 4.42 Å². The number of carbonyl (C=O) groups is 2. The van der Waals surface area contributed by atoms with Crippen LogP contribution in [0.25, 0.3) is 0 Å². The summed E-state index contributed by atoms with van der Waals surface area (Å²) < 4.78 is 29.5. The second kappa shape index (κ2) is 8.43. The Labute approximate surface area is 159 Å². The lowest BCUT2D eigenvalue weighted by atomic mass is 9.94. The van der Waals surface area contributed by atoms with Crippen LogP contribution in [0, 0.1) is 11.8 Å². The quantitative estimate of drug-likeness (QED) is 0.796. The maximum absolute atomic E-state index is 12.4. The second-order valence-corrected chi connectivity index (χ2v) is 9.41. The van der Waals surface area contributed by atoms with E-state index in [2.05, 4.69) is 5.32 Å². The van der Waals surface area contributed by atoms with E-state index >= 15 is 0 Å². The van der Waals surface area contributed by atoms with E-state index < -0.39 is 10.0 Å². The zero-order chi connectivity index (χ0) is 19.4. The minimum Gasteiger partial charge on any atom is -0.472 e. The summed E-state index contributed by atoms with van der Waals surface area (Å²) in [7, 11) is -3.17. The predicted octanol–water partition coefficient (Wildman–Crippen LogP) is 0.920. The third-order valence-corrected chi connectivity index (χ3v) is 6.83. The molecule has 8 nitrogen and oxygen atoms in total. The lowest BCUT2D eigenvalue weighted by Crippen LogP contribution is -2.45. The summed E-state index contributed by atoms with van der Waals surface area (Å²) in [6.45, 7) is 2.78. The number of carbonyl (C=O) groups excluding carboxylic acids is 2. The zero-order valence-electron chi connectivity index (χ0n) is 15.6. The summed E-state index contributed by atoms with van der Waals surface area (Å²) in [5.74, 6) is 0.244. The average molecular weight is 397 g/mol. The molecule has 2 aliphatic heterocycles. The van der Waals surface area contributed by atoms with Crippen molar-refractivity contribution in [3.8, 4) is 0 Å². The van der Waals surface area contributed by atoms with Crippen molar-refractivity contribution in [2.45, 2.75) is 25.7 Å². The minimum atomic E-state index is -3.17. The van der Waals surface area contributed by atoms with Gasteiger partial charge in [-0.3, -0.25) is 9.59 Å². The molecule has 27 heavy (non-hydrogen) atoms. The van der Waals surface area contributed by atoms with Crippen LogP contribution in [0.5, 0.6) is 0 Å². The molecule has 0 radical (unpaired) electrons. The van der Waals surface area contributed by atoms with E-state index in [9.17, 15) is 18.0 Å². The second-order valence-electron chi connectivity index (χ2n) is 7.43. The van der Waals surface area contributed by atoms with Crippen LogP contribution in [0.1, 0.15) is 36.0 Å². The highest BCUT2D eigenvalue weighted by Crippen LogP contribution is 2.21. The number of furan rings is 1. The number of hydrogen-bond donors (Lipinski definition) is 1. The first-order valence-corrected chi connectivity index (χ1v) is 11.2. The highest BCUT2D eigenvalue weighted by molar-refractivity contribution is 7.88. The van der Waals surface area contributed by atoms with E-state index in [-0.39, 0.29) is 17.7 Å². The van der Waals surface area contributed by atoms with Gasteiger partial charge in [0.1, 0.15) is 6.26 Å². The Balaban J connectivity index is 1.38. The number of nitrogens with zero attached hydrogens (tertiary/aromatic N) is 2. The van der Waals surface area contributed by atoms with E-state index in [0.717, 1.165) is 12.8 Å². The number of hydrogen-bond acceptors (Lipinski definition) is 5. The maximum atomic E-state index is 12.4. The highest BCUT2D eigenvalue weighted by Gasteiger charge is 2.30. The Morgan fingerprint density at radius 3 is 2.37 bits per heavy atom. The summed E-state index contributed by atoms with van der Waals surface area (Å²) in [6, 6.07) is 1.67. The molecule has 0 saturated carbocycles. The summed E-state index contributed by atoms with van der Waals surface area (Å²) >= 11 is 0. The van der Waals surface area contributed by atoms with Crippen LogP contribution in [0.3, 0.4) is 0 Å². The molecule has 150 valence electrons. The van der Waals surface area contributed by atoms with Crippen molar-refractivity contribution in [2.75, 3.05) is 39.0 Å². The van der Waals surface area contributed by atoms with Crippen LogP contribution in [-0.4, -0.2) is 68.4 Å². The lowest BCUT2D eigenvalue weighted by molar-refractivity contribution is -0.126. The Bertz CT molecular complexity index is 746. The summed E-state index contributed by atoms with van der Waals surface area (Å²) in [6.07, 6.45) is 7.01. The molecule has 0 bridgehead atoms. The fourth-order valence-corrected chi connectivity index (χ4v) is 4.62. The summed E-state index contributed by atoms with van der Waals surface area (Å²) in [5.41, 5.74) is 0.571. The van der Waals surface area contributed by atoms with Crippen molar-refractivity contribution >= 4 is 21.8 Å². The monoisotopic (exact) mass is 397 g/mol. The number of likely N-dealkylation sites (tertiary alicyclic amines) is 1. The summed E-state index contributed by atoms with van der Waals surface area (Å²) in [5, 5.41) is 3.02. The van der Waals surface area contributed by atoms with Gasteiger partial charge in [-0.25, -0.2) is 12.7 Å². The van der Waals surface area contributed by atoms with Crippen LogP contribution >= 0.6 is 0 Å². The molecule has 2 saturated heterocycles. The zero-order valence-corrected chi connectivity index (χ0v) is 16.4. The van der Waals surface area contributed by atoms with Gasteiger partial charge >= 0.3 is 0 Å². The molecule has 3 rings (SSSR count). The van der Waals surface area contributed by atoms with Gasteiger partial charge in [0.2, 0.25) is 15.9 Å². The minimum absolute atomic E-state index is 0.0103. The smallest absolute Gasteiger partial charge is 0.257 e. The molecule has 9 heteroatoms. The van der Waals surface area contributed by atoms with Gasteiger partial charge in [-0.1, -0.05) is 0 Å². The van der Waals surface area contributed by atoms with Crippen LogP contribution in [-0.2, 0) is 14.8 Å². The first-order valence-electron chi connectivity index (χ1n) is 9.39. The van der Waals surface area contributed by atoms with E-state index in [0.29, 0.717) is 57.0 Å². The van der Waals surface area contributed by atoms with Gasteiger partial charge in [0.05, 0.1) is 18.1 Å². The number of rotatable bonds is 5. The van der Waals surface area contributed by atoms with Crippen molar-refractivity contribution in [3.05, 3.63) is 24.2 Å². The van der Waals surface area contributed by atoms with Gasteiger partial charge < -0.3 is 14.6 Å². The standard InChI is InChI=1S/C18H27N3O5S/c1-27(24,25)21-9-4-15(5-10-21)17(22)19-12-14-2-7-20(8-3-14)18(23)16-6-11-26-13-16/h6,11,13-15H,2-5,7-10,12H2,1H3,(H,19,22). The first kappa shape index (κ1) is 19.9. The Morgan fingerprint density at radius 1 is 1.15 bits per heavy atom. The molecule has 2 fully saturated rings. The van der Waals surface area contributed by atoms with Gasteiger partial charge in [0.15, 0.2) is 0 Å². The highest BCUT2D eigenvalue weighted by atomic mass is 32.2. The molecule has 1 N–H and O–H groups in total.